The molecule has 17 heavy (non-hydrogen) atoms. The van der Waals surface area contributed by atoms with Crippen molar-refractivity contribution >= 4 is 17.5 Å². The fourth-order valence-electron chi connectivity index (χ4n) is 2.47. The zero-order valence-corrected chi connectivity index (χ0v) is 8.67. The predicted octanol–water partition coefficient (Wildman–Crippen LogP) is 0.509. The number of rotatable bonds is 2. The van der Waals surface area contributed by atoms with Crippen molar-refractivity contribution < 1.29 is 14.5 Å². The first kappa shape index (κ1) is 9.95. The quantitative estimate of drug-likeness (QED) is 0.457. The van der Waals surface area contributed by atoms with E-state index in [1.807, 2.05) is 0 Å². The molecule has 1 heterocycles. The Hall–Kier alpha value is -2.24. The molecule has 0 bridgehead atoms. The average molecular weight is 232 g/mol. The summed E-state index contributed by atoms with van der Waals surface area (Å²) in [4.78, 5) is 33.1. The van der Waals surface area contributed by atoms with E-state index >= 15 is 0 Å². The van der Waals surface area contributed by atoms with Crippen molar-refractivity contribution in [3.63, 3.8) is 0 Å². The fraction of sp³-hybridized carbons (Fsp3) is 0.273. The lowest BCUT2D eigenvalue weighted by atomic mass is 9.94. The van der Waals surface area contributed by atoms with E-state index in [2.05, 4.69) is 5.32 Å². The molecule has 1 saturated carbocycles. The zero-order chi connectivity index (χ0) is 12.2. The number of fused-ring (bicyclic) bond motifs is 1. The van der Waals surface area contributed by atoms with Gasteiger partial charge in [0.1, 0.15) is 0 Å². The molecule has 1 N–H and O–H groups in total. The number of carbonyl (C=O) groups excluding carboxylic acids is 2. The molecular weight excluding hydrogens is 224 g/mol. The first-order valence-corrected chi connectivity index (χ1v) is 5.16. The van der Waals surface area contributed by atoms with E-state index in [1.54, 1.807) is 12.1 Å². The van der Waals surface area contributed by atoms with Gasteiger partial charge in [0.25, 0.3) is 5.69 Å². The number of nitro benzene ring substituents is 1. The molecule has 6 nitrogen and oxygen atoms in total. The zero-order valence-electron chi connectivity index (χ0n) is 8.67. The van der Waals surface area contributed by atoms with E-state index in [-0.39, 0.29) is 23.4 Å². The SMILES string of the molecule is O=C1NC(=O)[C@@]2(c3ccc([N+](=O)[O-])cc3)C[C@@H]12. The summed E-state index contributed by atoms with van der Waals surface area (Å²) in [7, 11) is 0. The van der Waals surface area contributed by atoms with Gasteiger partial charge in [0.2, 0.25) is 11.8 Å². The van der Waals surface area contributed by atoms with Crippen molar-refractivity contribution in [2.75, 3.05) is 0 Å². The molecule has 2 amide bonds. The van der Waals surface area contributed by atoms with Crippen molar-refractivity contribution in [2.24, 2.45) is 5.92 Å². The largest absolute Gasteiger partial charge is 0.295 e. The van der Waals surface area contributed by atoms with Crippen LogP contribution in [0.1, 0.15) is 12.0 Å². The van der Waals surface area contributed by atoms with Crippen LogP contribution >= 0.6 is 0 Å². The summed E-state index contributed by atoms with van der Waals surface area (Å²) in [6.07, 6.45) is 0.509. The van der Waals surface area contributed by atoms with Crippen LogP contribution in [-0.4, -0.2) is 16.7 Å². The van der Waals surface area contributed by atoms with E-state index < -0.39 is 10.3 Å². The van der Waals surface area contributed by atoms with Gasteiger partial charge in [-0.05, 0) is 12.0 Å². The number of carbonyl (C=O) groups is 2. The normalized spacial score (nSPS) is 29.8. The lowest BCUT2D eigenvalue weighted by Gasteiger charge is -2.09. The average Bonchev–Trinajstić information content (AvgIpc) is 3.00. The van der Waals surface area contributed by atoms with Crippen LogP contribution in [0.3, 0.4) is 0 Å². The Bertz CT molecular complexity index is 551. The molecule has 1 aliphatic heterocycles. The predicted molar refractivity (Wildman–Crippen MR) is 56.0 cm³/mol. The maximum absolute atomic E-state index is 11.7. The van der Waals surface area contributed by atoms with Crippen molar-refractivity contribution in [3.05, 3.63) is 39.9 Å². The summed E-state index contributed by atoms with van der Waals surface area (Å²) >= 11 is 0. The van der Waals surface area contributed by atoms with Gasteiger partial charge in [-0.25, -0.2) is 0 Å². The number of nitrogens with zero attached hydrogens (tertiary/aromatic N) is 1. The van der Waals surface area contributed by atoms with Gasteiger partial charge in [0.05, 0.1) is 16.3 Å². The highest BCUT2D eigenvalue weighted by atomic mass is 16.6. The van der Waals surface area contributed by atoms with Crippen molar-refractivity contribution in [2.45, 2.75) is 11.8 Å². The van der Waals surface area contributed by atoms with E-state index in [0.29, 0.717) is 12.0 Å². The maximum atomic E-state index is 11.7. The summed E-state index contributed by atoms with van der Waals surface area (Å²) in [6, 6.07) is 5.82. The molecule has 0 aromatic heterocycles. The molecule has 86 valence electrons. The summed E-state index contributed by atoms with van der Waals surface area (Å²) in [5.74, 6) is -0.828. The Kier molecular flexibility index (Phi) is 1.70. The standard InChI is InChI=1S/C11H8N2O4/c14-9-8-5-11(8,10(15)12-9)6-1-3-7(4-2-6)13(16)17/h1-4,8H,5H2,(H,12,14,15)/t8-,11+/m0/s1. The topological polar surface area (TPSA) is 89.3 Å². The second-order valence-electron chi connectivity index (χ2n) is 4.35. The third-order valence-corrected chi connectivity index (χ3v) is 3.51. The number of hydrogen-bond acceptors (Lipinski definition) is 4. The molecular formula is C11H8N2O4. The van der Waals surface area contributed by atoms with Crippen molar-refractivity contribution in [3.8, 4) is 0 Å². The molecule has 1 aromatic carbocycles. The molecule has 2 aliphatic rings. The van der Waals surface area contributed by atoms with Gasteiger partial charge in [-0.3, -0.25) is 25.0 Å². The number of hydrogen-bond donors (Lipinski definition) is 1. The van der Waals surface area contributed by atoms with Crippen LogP contribution in [-0.2, 0) is 15.0 Å². The Labute approximate surface area is 95.8 Å². The van der Waals surface area contributed by atoms with E-state index in [0.717, 1.165) is 0 Å². The molecule has 3 rings (SSSR count). The highest BCUT2D eigenvalue weighted by Gasteiger charge is 2.69. The number of nitro groups is 1. The summed E-state index contributed by atoms with van der Waals surface area (Å²) < 4.78 is 0. The molecule has 1 aliphatic carbocycles. The van der Waals surface area contributed by atoms with Gasteiger partial charge in [-0.2, -0.15) is 0 Å². The molecule has 1 saturated heterocycles. The Morgan fingerprint density at radius 2 is 1.94 bits per heavy atom. The van der Waals surface area contributed by atoms with Gasteiger partial charge < -0.3 is 0 Å². The smallest absolute Gasteiger partial charge is 0.269 e. The Balaban J connectivity index is 1.99. The first-order valence-electron chi connectivity index (χ1n) is 5.16. The number of amides is 2. The lowest BCUT2D eigenvalue weighted by molar-refractivity contribution is -0.384. The molecule has 2 fully saturated rings. The van der Waals surface area contributed by atoms with Crippen LogP contribution in [0.25, 0.3) is 0 Å². The van der Waals surface area contributed by atoms with Gasteiger partial charge in [-0.15, -0.1) is 0 Å². The van der Waals surface area contributed by atoms with Crippen LogP contribution < -0.4 is 5.32 Å². The molecule has 0 radical (unpaired) electrons. The minimum atomic E-state index is -0.758. The highest BCUT2D eigenvalue weighted by molar-refractivity contribution is 6.15. The second-order valence-corrected chi connectivity index (χ2v) is 4.35. The van der Waals surface area contributed by atoms with Crippen LogP contribution in [0.5, 0.6) is 0 Å². The minimum Gasteiger partial charge on any atom is -0.295 e. The Morgan fingerprint density at radius 3 is 2.35 bits per heavy atom. The van der Waals surface area contributed by atoms with Crippen LogP contribution in [0, 0.1) is 16.0 Å². The molecule has 2 atom stereocenters. The number of nitrogens with one attached hydrogen (secondary N) is 1. The van der Waals surface area contributed by atoms with Gasteiger partial charge in [0.15, 0.2) is 0 Å². The van der Waals surface area contributed by atoms with Crippen molar-refractivity contribution in [1.29, 1.82) is 0 Å². The van der Waals surface area contributed by atoms with E-state index in [1.165, 1.54) is 12.1 Å². The van der Waals surface area contributed by atoms with Gasteiger partial charge in [0, 0.05) is 12.1 Å². The first-order chi connectivity index (χ1) is 8.05. The molecule has 1 aromatic rings. The van der Waals surface area contributed by atoms with E-state index in [9.17, 15) is 19.7 Å². The fourth-order valence-corrected chi connectivity index (χ4v) is 2.47. The van der Waals surface area contributed by atoms with Crippen LogP contribution in [0.15, 0.2) is 24.3 Å². The maximum Gasteiger partial charge on any atom is 0.269 e. The number of non-ortho nitro benzene ring substituents is 1. The third-order valence-electron chi connectivity index (χ3n) is 3.51. The van der Waals surface area contributed by atoms with Gasteiger partial charge >= 0.3 is 0 Å². The van der Waals surface area contributed by atoms with Crippen molar-refractivity contribution in [1.82, 2.24) is 5.32 Å². The highest BCUT2D eigenvalue weighted by Crippen LogP contribution is 2.57. The molecule has 0 spiro atoms. The monoisotopic (exact) mass is 232 g/mol. The Morgan fingerprint density at radius 1 is 1.29 bits per heavy atom. The summed E-state index contributed by atoms with van der Waals surface area (Å²) in [5.41, 5.74) is -0.102. The van der Waals surface area contributed by atoms with Crippen LogP contribution in [0.2, 0.25) is 0 Å². The molecule has 6 heteroatoms. The number of piperidine rings is 1. The number of benzene rings is 1. The summed E-state index contributed by atoms with van der Waals surface area (Å²) in [6.45, 7) is 0. The second kappa shape index (κ2) is 2.91. The minimum absolute atomic E-state index is 0.0212. The van der Waals surface area contributed by atoms with Gasteiger partial charge in [-0.1, -0.05) is 12.1 Å². The number of imide groups is 1. The van der Waals surface area contributed by atoms with Crippen LogP contribution in [0.4, 0.5) is 5.69 Å². The summed E-state index contributed by atoms with van der Waals surface area (Å²) in [5, 5.41) is 12.8. The third kappa shape index (κ3) is 1.15. The molecule has 0 unspecified atom stereocenters. The van der Waals surface area contributed by atoms with E-state index in [4.69, 9.17) is 0 Å². The lowest BCUT2D eigenvalue weighted by Crippen LogP contribution is -2.30.